The first-order valence-corrected chi connectivity index (χ1v) is 14.6. The molecule has 2 fully saturated rings. The minimum atomic E-state index is -3.53. The van der Waals surface area contributed by atoms with Crippen molar-refractivity contribution in [3.05, 3.63) is 52.5 Å². The van der Waals surface area contributed by atoms with Crippen LogP contribution in [0.3, 0.4) is 0 Å². The maximum atomic E-state index is 13.1. The molecule has 7 nitrogen and oxygen atoms in total. The normalized spacial score (nSPS) is 19.9. The molecular weight excluding hydrogens is 504 g/mol. The van der Waals surface area contributed by atoms with Crippen LogP contribution in [-0.2, 0) is 10.0 Å². The van der Waals surface area contributed by atoms with Crippen LogP contribution in [0.15, 0.2) is 41.3 Å². The van der Waals surface area contributed by atoms with Gasteiger partial charge in [0.15, 0.2) is 5.13 Å². The number of benzene rings is 2. The number of halogens is 1. The molecule has 1 aromatic heterocycles. The van der Waals surface area contributed by atoms with E-state index in [1.165, 1.54) is 0 Å². The Hall–Kier alpha value is -2.20. The molecule has 186 valence electrons. The molecule has 10 heteroatoms. The number of sulfonamides is 1. The summed E-state index contributed by atoms with van der Waals surface area (Å²) in [5, 5.41) is 1.63. The molecule has 3 aromatic rings. The Morgan fingerprint density at radius 2 is 1.77 bits per heavy atom. The van der Waals surface area contributed by atoms with Gasteiger partial charge in [-0.15, -0.1) is 0 Å². The van der Waals surface area contributed by atoms with Gasteiger partial charge in [-0.2, -0.15) is 4.31 Å². The van der Waals surface area contributed by atoms with E-state index in [1.807, 2.05) is 24.0 Å². The van der Waals surface area contributed by atoms with Crippen molar-refractivity contribution in [3.8, 4) is 0 Å². The molecule has 0 aliphatic carbocycles. The lowest BCUT2D eigenvalue weighted by Crippen LogP contribution is -2.48. The summed E-state index contributed by atoms with van der Waals surface area (Å²) in [6, 6.07) is 10.3. The number of amides is 1. The lowest BCUT2D eigenvalue weighted by molar-refractivity contribution is 0.0746. The van der Waals surface area contributed by atoms with Gasteiger partial charge in [0.2, 0.25) is 10.0 Å². The molecule has 5 rings (SSSR count). The molecular formula is C25H29ClN4O3S2. The topological polar surface area (TPSA) is 73.8 Å². The minimum Gasteiger partial charge on any atom is -0.345 e. The number of carbonyl (C=O) groups excluding carboxylic acids is 1. The average molecular weight is 533 g/mol. The molecule has 35 heavy (non-hydrogen) atoms. The summed E-state index contributed by atoms with van der Waals surface area (Å²) in [4.78, 5) is 22.2. The van der Waals surface area contributed by atoms with Crippen molar-refractivity contribution in [1.82, 2.24) is 14.2 Å². The number of aryl methyl sites for hydroxylation is 1. The molecule has 2 saturated heterocycles. The number of hydrogen-bond donors (Lipinski definition) is 0. The van der Waals surface area contributed by atoms with Crippen molar-refractivity contribution in [1.29, 1.82) is 0 Å². The largest absolute Gasteiger partial charge is 0.345 e. The highest BCUT2D eigenvalue weighted by molar-refractivity contribution is 7.89. The van der Waals surface area contributed by atoms with E-state index in [1.54, 1.807) is 39.9 Å². The number of fused-ring (bicyclic) bond motifs is 1. The standard InChI is InChI=1S/C25H29ClN4O3S2/c1-17-4-3-11-30(16-17)35(32,33)20-8-6-19(7-9-20)24(31)28-12-14-29(15-13-28)25-27-22-18(2)5-10-21(26)23(22)34-25/h5-10,17H,3-4,11-16H2,1-2H3. The molecule has 0 saturated carbocycles. The molecule has 0 bridgehead atoms. The third kappa shape index (κ3) is 4.79. The van der Waals surface area contributed by atoms with Crippen LogP contribution < -0.4 is 4.90 Å². The predicted molar refractivity (Wildman–Crippen MR) is 141 cm³/mol. The van der Waals surface area contributed by atoms with Crippen LogP contribution in [0.1, 0.15) is 35.7 Å². The summed E-state index contributed by atoms with van der Waals surface area (Å²) in [5.74, 6) is 0.283. The van der Waals surface area contributed by atoms with E-state index in [9.17, 15) is 13.2 Å². The van der Waals surface area contributed by atoms with Crippen molar-refractivity contribution in [3.63, 3.8) is 0 Å². The van der Waals surface area contributed by atoms with Crippen LogP contribution in [-0.4, -0.2) is 67.8 Å². The van der Waals surface area contributed by atoms with Gasteiger partial charge in [-0.3, -0.25) is 4.79 Å². The lowest BCUT2D eigenvalue weighted by atomic mass is 10.0. The molecule has 1 unspecified atom stereocenters. The number of piperazine rings is 1. The predicted octanol–water partition coefficient (Wildman–Crippen LogP) is 4.64. The zero-order valence-electron chi connectivity index (χ0n) is 19.9. The highest BCUT2D eigenvalue weighted by Gasteiger charge is 2.29. The van der Waals surface area contributed by atoms with E-state index in [2.05, 4.69) is 11.8 Å². The Labute approximate surface area is 215 Å². The molecule has 0 N–H and O–H groups in total. The fourth-order valence-electron chi connectivity index (χ4n) is 4.79. The van der Waals surface area contributed by atoms with Gasteiger partial charge in [-0.25, -0.2) is 13.4 Å². The minimum absolute atomic E-state index is 0.0802. The maximum absolute atomic E-state index is 13.1. The summed E-state index contributed by atoms with van der Waals surface area (Å²) in [7, 11) is -3.53. The SMILES string of the molecule is Cc1ccc(Cl)c2sc(N3CCN(C(=O)c4ccc(S(=O)(=O)N5CCCC(C)C5)cc4)CC3)nc12. The van der Waals surface area contributed by atoms with Crippen molar-refractivity contribution in [2.75, 3.05) is 44.2 Å². The third-order valence-electron chi connectivity index (χ3n) is 6.88. The Kier molecular flexibility index (Phi) is 6.78. The molecule has 2 aliphatic rings. The van der Waals surface area contributed by atoms with Gasteiger partial charge in [-0.1, -0.05) is 35.9 Å². The first-order chi connectivity index (χ1) is 16.7. The third-order valence-corrected chi connectivity index (χ3v) is 10.3. The van der Waals surface area contributed by atoms with Crippen LogP contribution in [0.5, 0.6) is 0 Å². The quantitative estimate of drug-likeness (QED) is 0.489. The Morgan fingerprint density at radius 3 is 2.43 bits per heavy atom. The number of thiazole rings is 1. The number of nitrogens with zero attached hydrogens (tertiary/aromatic N) is 4. The molecule has 2 aliphatic heterocycles. The molecule has 1 amide bonds. The fraction of sp³-hybridized carbons (Fsp3) is 0.440. The highest BCUT2D eigenvalue weighted by atomic mass is 35.5. The number of rotatable bonds is 4. The number of hydrogen-bond acceptors (Lipinski definition) is 6. The fourth-order valence-corrected chi connectivity index (χ4v) is 7.76. The van der Waals surface area contributed by atoms with Gasteiger partial charge >= 0.3 is 0 Å². The monoisotopic (exact) mass is 532 g/mol. The molecule has 0 radical (unpaired) electrons. The van der Waals surface area contributed by atoms with E-state index in [4.69, 9.17) is 16.6 Å². The number of anilines is 1. The average Bonchev–Trinajstić information content (AvgIpc) is 3.33. The summed E-state index contributed by atoms with van der Waals surface area (Å²) in [5.41, 5.74) is 2.54. The second-order valence-electron chi connectivity index (χ2n) is 9.45. The van der Waals surface area contributed by atoms with Crippen LogP contribution in [0.2, 0.25) is 5.02 Å². The van der Waals surface area contributed by atoms with Crippen LogP contribution >= 0.6 is 22.9 Å². The maximum Gasteiger partial charge on any atom is 0.253 e. The number of carbonyl (C=O) groups is 1. The van der Waals surface area contributed by atoms with E-state index in [-0.39, 0.29) is 10.8 Å². The molecule has 2 aromatic carbocycles. The first kappa shape index (κ1) is 24.5. The zero-order chi connectivity index (χ0) is 24.7. The van der Waals surface area contributed by atoms with Gasteiger partial charge in [0, 0.05) is 44.8 Å². The van der Waals surface area contributed by atoms with Gasteiger partial charge in [-0.05, 0) is 61.6 Å². The second kappa shape index (κ2) is 9.69. The van der Waals surface area contributed by atoms with E-state index in [0.717, 1.165) is 33.8 Å². The summed E-state index contributed by atoms with van der Waals surface area (Å²) < 4.78 is 28.6. The lowest BCUT2D eigenvalue weighted by Gasteiger charge is -2.34. The van der Waals surface area contributed by atoms with Crippen LogP contribution in [0.4, 0.5) is 5.13 Å². The molecule has 0 spiro atoms. The van der Waals surface area contributed by atoms with Gasteiger partial charge in [0.1, 0.15) is 0 Å². The molecule has 1 atom stereocenters. The zero-order valence-corrected chi connectivity index (χ0v) is 22.3. The first-order valence-electron chi connectivity index (χ1n) is 11.9. The van der Waals surface area contributed by atoms with Gasteiger partial charge < -0.3 is 9.80 Å². The number of piperidine rings is 1. The smallest absolute Gasteiger partial charge is 0.253 e. The Balaban J connectivity index is 1.24. The van der Waals surface area contributed by atoms with Crippen LogP contribution in [0, 0.1) is 12.8 Å². The highest BCUT2D eigenvalue weighted by Crippen LogP contribution is 2.36. The van der Waals surface area contributed by atoms with E-state index >= 15 is 0 Å². The van der Waals surface area contributed by atoms with Crippen molar-refractivity contribution in [2.45, 2.75) is 31.6 Å². The Morgan fingerprint density at radius 1 is 1.06 bits per heavy atom. The summed E-state index contributed by atoms with van der Waals surface area (Å²) in [6.45, 7) is 7.73. The summed E-state index contributed by atoms with van der Waals surface area (Å²) in [6.07, 6.45) is 1.94. The molecule has 3 heterocycles. The second-order valence-corrected chi connectivity index (χ2v) is 12.8. The van der Waals surface area contributed by atoms with Gasteiger partial charge in [0.25, 0.3) is 5.91 Å². The van der Waals surface area contributed by atoms with Crippen molar-refractivity contribution < 1.29 is 13.2 Å². The summed E-state index contributed by atoms with van der Waals surface area (Å²) >= 11 is 7.95. The number of aromatic nitrogens is 1. The van der Waals surface area contributed by atoms with Gasteiger partial charge in [0.05, 0.1) is 20.1 Å². The van der Waals surface area contributed by atoms with E-state index in [0.29, 0.717) is 55.8 Å². The Bertz CT molecular complexity index is 1310. The van der Waals surface area contributed by atoms with Crippen LogP contribution in [0.25, 0.3) is 10.2 Å². The van der Waals surface area contributed by atoms with Crippen molar-refractivity contribution >= 4 is 54.2 Å². The van der Waals surface area contributed by atoms with Crippen molar-refractivity contribution in [2.24, 2.45) is 5.92 Å². The van der Waals surface area contributed by atoms with E-state index < -0.39 is 10.0 Å².